The minimum absolute atomic E-state index is 0.0735. The van der Waals surface area contributed by atoms with Crippen LogP contribution in [0.1, 0.15) is 32.9 Å². The second-order valence-electron chi connectivity index (χ2n) is 7.19. The van der Waals surface area contributed by atoms with Crippen LogP contribution >= 0.6 is 0 Å². The minimum Gasteiger partial charge on any atom is -0.497 e. The average Bonchev–Trinajstić information content (AvgIpc) is 3.07. The maximum atomic E-state index is 13.0. The standard InChI is InChI=1S/C23H22F3N3O3/c1-14-20(15(2)29(28-14)18-6-4-5-17(13-18)23(24,25)26)21(30)22(31)27-12-11-16-7-9-19(32-3)10-8-16/h4-10,13H,11-12H2,1-3H3,(H,27,31). The number of carbonyl (C=O) groups is 2. The van der Waals surface area contributed by atoms with Crippen molar-refractivity contribution in [1.29, 1.82) is 0 Å². The maximum absolute atomic E-state index is 13.0. The SMILES string of the molecule is COc1ccc(CCNC(=O)C(=O)c2c(C)nn(-c3cccc(C(F)(F)F)c3)c2C)cc1. The Morgan fingerprint density at radius 3 is 2.41 bits per heavy atom. The van der Waals surface area contributed by atoms with E-state index in [4.69, 9.17) is 4.74 Å². The van der Waals surface area contributed by atoms with Crippen LogP contribution in [0.2, 0.25) is 0 Å². The van der Waals surface area contributed by atoms with Crippen LogP contribution in [0.3, 0.4) is 0 Å². The van der Waals surface area contributed by atoms with Crippen LogP contribution in [0.15, 0.2) is 48.5 Å². The van der Waals surface area contributed by atoms with Gasteiger partial charge < -0.3 is 10.1 Å². The first-order chi connectivity index (χ1) is 15.1. The molecule has 1 aromatic heterocycles. The Balaban J connectivity index is 1.73. The van der Waals surface area contributed by atoms with E-state index in [9.17, 15) is 22.8 Å². The Bertz CT molecular complexity index is 1140. The molecule has 0 spiro atoms. The molecule has 3 rings (SSSR count). The summed E-state index contributed by atoms with van der Waals surface area (Å²) in [6.07, 6.45) is -3.99. The van der Waals surface area contributed by atoms with Gasteiger partial charge in [0.2, 0.25) is 0 Å². The van der Waals surface area contributed by atoms with Crippen LogP contribution in [-0.2, 0) is 17.4 Å². The Morgan fingerprint density at radius 1 is 1.09 bits per heavy atom. The fourth-order valence-electron chi connectivity index (χ4n) is 3.34. The molecule has 0 aliphatic rings. The molecule has 0 saturated carbocycles. The fourth-order valence-corrected chi connectivity index (χ4v) is 3.34. The van der Waals surface area contributed by atoms with Crippen molar-refractivity contribution >= 4 is 11.7 Å². The summed E-state index contributed by atoms with van der Waals surface area (Å²) >= 11 is 0. The smallest absolute Gasteiger partial charge is 0.416 e. The summed E-state index contributed by atoms with van der Waals surface area (Å²) in [7, 11) is 1.57. The van der Waals surface area contributed by atoms with E-state index in [1.807, 2.05) is 12.1 Å². The Hall–Kier alpha value is -3.62. The van der Waals surface area contributed by atoms with Gasteiger partial charge in [-0.3, -0.25) is 9.59 Å². The third-order valence-corrected chi connectivity index (χ3v) is 5.00. The first-order valence-electron chi connectivity index (χ1n) is 9.81. The molecule has 9 heteroatoms. The average molecular weight is 445 g/mol. The van der Waals surface area contributed by atoms with E-state index in [1.54, 1.807) is 19.2 Å². The molecule has 0 aliphatic heterocycles. The summed E-state index contributed by atoms with van der Waals surface area (Å²) < 4.78 is 45.4. The number of halogens is 3. The predicted octanol–water partition coefficient (Wildman–Crippen LogP) is 4.06. The second kappa shape index (κ2) is 9.25. The zero-order valence-electron chi connectivity index (χ0n) is 17.8. The van der Waals surface area contributed by atoms with Gasteiger partial charge in [-0.05, 0) is 56.2 Å². The number of alkyl halides is 3. The number of nitrogens with one attached hydrogen (secondary N) is 1. The number of aromatic nitrogens is 2. The number of benzene rings is 2. The summed E-state index contributed by atoms with van der Waals surface area (Å²) in [5.74, 6) is -0.863. The summed E-state index contributed by atoms with van der Waals surface area (Å²) in [6, 6.07) is 12.0. The third kappa shape index (κ3) is 4.99. The van der Waals surface area contributed by atoms with Crippen LogP contribution in [0, 0.1) is 13.8 Å². The zero-order valence-corrected chi connectivity index (χ0v) is 17.8. The molecule has 6 nitrogen and oxygen atoms in total. The van der Waals surface area contributed by atoms with Crippen molar-refractivity contribution in [1.82, 2.24) is 15.1 Å². The summed E-state index contributed by atoms with van der Waals surface area (Å²) in [5, 5.41) is 6.77. The van der Waals surface area contributed by atoms with Crippen molar-refractivity contribution in [3.8, 4) is 11.4 Å². The number of ketones is 1. The molecule has 0 atom stereocenters. The number of hydrogen-bond donors (Lipinski definition) is 1. The maximum Gasteiger partial charge on any atom is 0.416 e. The van der Waals surface area contributed by atoms with Crippen molar-refractivity contribution in [2.75, 3.05) is 13.7 Å². The number of amides is 1. The first kappa shape index (κ1) is 23.1. The van der Waals surface area contributed by atoms with Gasteiger partial charge in [-0.1, -0.05) is 18.2 Å². The van der Waals surface area contributed by atoms with Crippen LogP contribution in [0.5, 0.6) is 5.75 Å². The number of Topliss-reactive ketones (excluding diaryl/α,β-unsaturated/α-hetero) is 1. The van der Waals surface area contributed by atoms with E-state index in [0.717, 1.165) is 23.4 Å². The molecule has 1 N–H and O–H groups in total. The number of carbonyl (C=O) groups excluding carboxylic acids is 2. The lowest BCUT2D eigenvalue weighted by atomic mass is 10.1. The molecular formula is C23H22F3N3O3. The zero-order chi connectivity index (χ0) is 23.5. The van der Waals surface area contributed by atoms with Gasteiger partial charge >= 0.3 is 6.18 Å². The van der Waals surface area contributed by atoms with Gasteiger partial charge in [0.1, 0.15) is 5.75 Å². The van der Waals surface area contributed by atoms with Crippen molar-refractivity contribution in [2.45, 2.75) is 26.4 Å². The molecule has 0 aliphatic carbocycles. The fraction of sp³-hybridized carbons (Fsp3) is 0.261. The first-order valence-corrected chi connectivity index (χ1v) is 9.81. The monoisotopic (exact) mass is 445 g/mol. The van der Waals surface area contributed by atoms with E-state index < -0.39 is 23.4 Å². The molecule has 32 heavy (non-hydrogen) atoms. The summed E-state index contributed by atoms with van der Waals surface area (Å²) in [6.45, 7) is 3.32. The van der Waals surface area contributed by atoms with E-state index in [2.05, 4.69) is 10.4 Å². The largest absolute Gasteiger partial charge is 0.497 e. The molecule has 1 heterocycles. The molecule has 0 unspecified atom stereocenters. The van der Waals surface area contributed by atoms with Gasteiger partial charge in [-0.25, -0.2) is 4.68 Å². The number of nitrogens with zero attached hydrogens (tertiary/aromatic N) is 2. The predicted molar refractivity (Wildman–Crippen MR) is 112 cm³/mol. The molecule has 0 radical (unpaired) electrons. The molecule has 0 saturated heterocycles. The number of ether oxygens (including phenoxy) is 1. The van der Waals surface area contributed by atoms with Gasteiger partial charge in [0.25, 0.3) is 11.7 Å². The summed E-state index contributed by atoms with van der Waals surface area (Å²) in [5.41, 5.74) is 0.908. The Morgan fingerprint density at radius 2 is 1.78 bits per heavy atom. The Labute approximate surface area is 183 Å². The number of hydrogen-bond acceptors (Lipinski definition) is 4. The van der Waals surface area contributed by atoms with Gasteiger partial charge in [0.05, 0.1) is 35.3 Å². The van der Waals surface area contributed by atoms with E-state index in [1.165, 1.54) is 30.7 Å². The lowest BCUT2D eigenvalue weighted by Crippen LogP contribution is -2.33. The molecule has 1 amide bonds. The molecular weight excluding hydrogens is 423 g/mol. The molecule has 3 aromatic rings. The molecule has 2 aromatic carbocycles. The van der Waals surface area contributed by atoms with Gasteiger partial charge in [-0.15, -0.1) is 0 Å². The second-order valence-corrected chi connectivity index (χ2v) is 7.19. The van der Waals surface area contributed by atoms with E-state index >= 15 is 0 Å². The highest BCUT2D eigenvalue weighted by Gasteiger charge is 2.31. The van der Waals surface area contributed by atoms with Crippen molar-refractivity contribution in [3.63, 3.8) is 0 Å². The molecule has 0 fully saturated rings. The Kier molecular flexibility index (Phi) is 6.67. The highest BCUT2D eigenvalue weighted by Crippen LogP contribution is 2.31. The van der Waals surface area contributed by atoms with Crippen LogP contribution < -0.4 is 10.1 Å². The van der Waals surface area contributed by atoms with Crippen LogP contribution in [0.25, 0.3) is 5.69 Å². The lowest BCUT2D eigenvalue weighted by molar-refractivity contribution is -0.137. The van der Waals surface area contributed by atoms with E-state index in [-0.39, 0.29) is 29.2 Å². The summed E-state index contributed by atoms with van der Waals surface area (Å²) in [4.78, 5) is 25.1. The van der Waals surface area contributed by atoms with Gasteiger partial charge in [0, 0.05) is 6.54 Å². The van der Waals surface area contributed by atoms with Crippen molar-refractivity contribution in [2.24, 2.45) is 0 Å². The highest BCUT2D eigenvalue weighted by molar-refractivity contribution is 6.43. The lowest BCUT2D eigenvalue weighted by Gasteiger charge is -2.10. The number of rotatable bonds is 7. The third-order valence-electron chi connectivity index (χ3n) is 5.00. The van der Waals surface area contributed by atoms with Gasteiger partial charge in [-0.2, -0.15) is 18.3 Å². The normalized spacial score (nSPS) is 11.3. The molecule has 168 valence electrons. The van der Waals surface area contributed by atoms with E-state index in [0.29, 0.717) is 6.42 Å². The van der Waals surface area contributed by atoms with Crippen molar-refractivity contribution in [3.05, 3.63) is 76.6 Å². The highest BCUT2D eigenvalue weighted by atomic mass is 19.4. The van der Waals surface area contributed by atoms with Gasteiger partial charge in [0.15, 0.2) is 0 Å². The van der Waals surface area contributed by atoms with Crippen LogP contribution in [-0.4, -0.2) is 35.1 Å². The van der Waals surface area contributed by atoms with Crippen LogP contribution in [0.4, 0.5) is 13.2 Å². The number of methoxy groups -OCH3 is 1. The van der Waals surface area contributed by atoms with Crippen molar-refractivity contribution < 1.29 is 27.5 Å². The topological polar surface area (TPSA) is 73.2 Å². The quantitative estimate of drug-likeness (QED) is 0.440. The minimum atomic E-state index is -4.51. The number of aryl methyl sites for hydroxylation is 1. The molecule has 0 bridgehead atoms.